The van der Waals surface area contributed by atoms with E-state index in [1.54, 1.807) is 0 Å². The van der Waals surface area contributed by atoms with Crippen molar-refractivity contribution in [2.45, 2.75) is 32.8 Å². The molecule has 0 bridgehead atoms. The first-order valence-corrected chi connectivity index (χ1v) is 5.62. The third-order valence-corrected chi connectivity index (χ3v) is 2.91. The summed E-state index contributed by atoms with van der Waals surface area (Å²) in [7, 11) is 0. The van der Waals surface area contributed by atoms with E-state index in [0.29, 0.717) is 0 Å². The van der Waals surface area contributed by atoms with E-state index >= 15 is 0 Å². The Hall–Kier alpha value is -1.02. The van der Waals surface area contributed by atoms with Gasteiger partial charge in [0.15, 0.2) is 0 Å². The van der Waals surface area contributed by atoms with Gasteiger partial charge in [-0.1, -0.05) is 19.9 Å². The maximum atomic E-state index is 9.96. The normalized spacial score (nSPS) is 17.1. The molecule has 0 aromatic heterocycles. The highest BCUT2D eigenvalue weighted by Gasteiger charge is 2.16. The number of fused-ring (bicyclic) bond motifs is 1. The maximum Gasteiger partial charge on any atom is 0.122 e. The fourth-order valence-corrected chi connectivity index (χ4v) is 1.95. The van der Waals surface area contributed by atoms with E-state index in [4.69, 9.17) is 4.74 Å². The number of hydrogen-bond donors (Lipinski definition) is 1. The summed E-state index contributed by atoms with van der Waals surface area (Å²) in [4.78, 5) is 0. The summed E-state index contributed by atoms with van der Waals surface area (Å²) in [5.74, 6) is 1.24. The van der Waals surface area contributed by atoms with E-state index in [1.807, 2.05) is 26.0 Å². The molecule has 2 rings (SSSR count). The quantitative estimate of drug-likeness (QED) is 0.806. The van der Waals surface area contributed by atoms with Crippen LogP contribution in [0.15, 0.2) is 18.2 Å². The Labute approximate surface area is 90.9 Å². The predicted octanol–water partition coefficient (Wildman–Crippen LogP) is 2.70. The molecule has 0 amide bonds. The second-order valence-corrected chi connectivity index (χ2v) is 4.51. The van der Waals surface area contributed by atoms with Crippen LogP contribution in [0.5, 0.6) is 5.75 Å². The molecule has 2 heteroatoms. The zero-order chi connectivity index (χ0) is 10.8. The van der Waals surface area contributed by atoms with Gasteiger partial charge in [0.2, 0.25) is 0 Å². The summed E-state index contributed by atoms with van der Waals surface area (Å²) in [5.41, 5.74) is 2.24. The first-order chi connectivity index (χ1) is 7.18. The van der Waals surface area contributed by atoms with Gasteiger partial charge >= 0.3 is 0 Å². The third-order valence-electron chi connectivity index (χ3n) is 2.91. The van der Waals surface area contributed by atoms with Gasteiger partial charge in [-0.05, 0) is 42.0 Å². The van der Waals surface area contributed by atoms with Gasteiger partial charge in [-0.25, -0.2) is 0 Å². The van der Waals surface area contributed by atoms with E-state index in [-0.39, 0.29) is 12.0 Å². The zero-order valence-electron chi connectivity index (χ0n) is 9.36. The number of hydrogen-bond acceptors (Lipinski definition) is 2. The topological polar surface area (TPSA) is 29.5 Å². The first kappa shape index (κ1) is 10.5. The van der Waals surface area contributed by atoms with Gasteiger partial charge in [0.1, 0.15) is 5.75 Å². The summed E-state index contributed by atoms with van der Waals surface area (Å²) in [6, 6.07) is 6.03. The van der Waals surface area contributed by atoms with Crippen LogP contribution in [-0.2, 0) is 6.42 Å². The second kappa shape index (κ2) is 4.23. The van der Waals surface area contributed by atoms with Crippen LogP contribution in [0.1, 0.15) is 37.5 Å². The number of rotatable bonds is 2. The Morgan fingerprint density at radius 3 is 2.87 bits per heavy atom. The van der Waals surface area contributed by atoms with E-state index in [0.717, 1.165) is 30.8 Å². The SMILES string of the molecule is CC(C)C(O)c1ccc2c(c1)CCCO2. The standard InChI is InChI=1S/C13H18O2/c1-9(2)13(14)11-5-6-12-10(8-11)4-3-7-15-12/h5-6,8-9,13-14H,3-4,7H2,1-2H3. The molecular formula is C13H18O2. The van der Waals surface area contributed by atoms with Crippen molar-refractivity contribution in [3.63, 3.8) is 0 Å². The minimum Gasteiger partial charge on any atom is -0.493 e. The van der Waals surface area contributed by atoms with Crippen molar-refractivity contribution in [2.24, 2.45) is 5.92 Å². The summed E-state index contributed by atoms with van der Waals surface area (Å²) >= 11 is 0. The van der Waals surface area contributed by atoms with Gasteiger partial charge in [0.25, 0.3) is 0 Å². The fraction of sp³-hybridized carbons (Fsp3) is 0.538. The summed E-state index contributed by atoms with van der Waals surface area (Å²) < 4.78 is 5.54. The van der Waals surface area contributed by atoms with Crippen LogP contribution in [0.25, 0.3) is 0 Å². The molecule has 1 aromatic rings. The van der Waals surface area contributed by atoms with E-state index in [9.17, 15) is 5.11 Å². The summed E-state index contributed by atoms with van der Waals surface area (Å²) in [6.45, 7) is 4.88. The lowest BCUT2D eigenvalue weighted by Crippen LogP contribution is -2.11. The first-order valence-electron chi connectivity index (χ1n) is 5.62. The Bertz CT molecular complexity index is 344. The zero-order valence-corrected chi connectivity index (χ0v) is 9.36. The molecule has 1 aromatic carbocycles. The Balaban J connectivity index is 2.27. The highest BCUT2D eigenvalue weighted by atomic mass is 16.5. The number of aryl methyl sites for hydroxylation is 1. The average Bonchev–Trinajstić information content (AvgIpc) is 2.27. The van der Waals surface area contributed by atoms with Crippen molar-refractivity contribution in [1.82, 2.24) is 0 Å². The lowest BCUT2D eigenvalue weighted by molar-refractivity contribution is 0.126. The molecule has 1 atom stereocenters. The highest BCUT2D eigenvalue weighted by molar-refractivity contribution is 5.39. The molecule has 0 saturated heterocycles. The third kappa shape index (κ3) is 2.15. The van der Waals surface area contributed by atoms with E-state index in [2.05, 4.69) is 6.07 Å². The van der Waals surface area contributed by atoms with Crippen molar-refractivity contribution < 1.29 is 9.84 Å². The predicted molar refractivity (Wildman–Crippen MR) is 60.1 cm³/mol. The minimum atomic E-state index is -0.364. The highest BCUT2D eigenvalue weighted by Crippen LogP contribution is 2.29. The van der Waals surface area contributed by atoms with E-state index < -0.39 is 0 Å². The monoisotopic (exact) mass is 206 g/mol. The van der Waals surface area contributed by atoms with Crippen LogP contribution in [0.2, 0.25) is 0 Å². The lowest BCUT2D eigenvalue weighted by Gasteiger charge is -2.20. The van der Waals surface area contributed by atoms with Gasteiger partial charge in [-0.15, -0.1) is 0 Å². The molecule has 1 unspecified atom stereocenters. The van der Waals surface area contributed by atoms with Crippen LogP contribution in [0.3, 0.4) is 0 Å². The number of benzene rings is 1. The van der Waals surface area contributed by atoms with Gasteiger partial charge in [-0.3, -0.25) is 0 Å². The van der Waals surface area contributed by atoms with E-state index in [1.165, 1.54) is 5.56 Å². The molecule has 0 fully saturated rings. The summed E-state index contributed by atoms with van der Waals surface area (Å²) in [6.07, 6.45) is 1.78. The largest absolute Gasteiger partial charge is 0.493 e. The summed E-state index contributed by atoms with van der Waals surface area (Å²) in [5, 5.41) is 9.96. The van der Waals surface area contributed by atoms with Crippen LogP contribution >= 0.6 is 0 Å². The maximum absolute atomic E-state index is 9.96. The van der Waals surface area contributed by atoms with Gasteiger partial charge in [-0.2, -0.15) is 0 Å². The van der Waals surface area contributed by atoms with Crippen molar-refractivity contribution >= 4 is 0 Å². The molecular weight excluding hydrogens is 188 g/mol. The molecule has 0 spiro atoms. The molecule has 1 N–H and O–H groups in total. The lowest BCUT2D eigenvalue weighted by atomic mass is 9.95. The Morgan fingerprint density at radius 2 is 2.13 bits per heavy atom. The second-order valence-electron chi connectivity index (χ2n) is 4.51. The van der Waals surface area contributed by atoms with Crippen molar-refractivity contribution in [3.8, 4) is 5.75 Å². The Kier molecular flexibility index (Phi) is 2.96. The van der Waals surface area contributed by atoms with Crippen molar-refractivity contribution in [1.29, 1.82) is 0 Å². The molecule has 1 aliphatic rings. The molecule has 1 heterocycles. The Morgan fingerprint density at radius 1 is 1.33 bits per heavy atom. The van der Waals surface area contributed by atoms with Crippen LogP contribution in [-0.4, -0.2) is 11.7 Å². The molecule has 2 nitrogen and oxygen atoms in total. The molecule has 82 valence electrons. The molecule has 15 heavy (non-hydrogen) atoms. The minimum absolute atomic E-state index is 0.257. The van der Waals surface area contributed by atoms with Gasteiger partial charge < -0.3 is 9.84 Å². The van der Waals surface area contributed by atoms with Crippen molar-refractivity contribution in [3.05, 3.63) is 29.3 Å². The molecule has 0 aliphatic carbocycles. The van der Waals surface area contributed by atoms with Crippen LogP contribution in [0, 0.1) is 5.92 Å². The van der Waals surface area contributed by atoms with Crippen LogP contribution < -0.4 is 4.74 Å². The smallest absolute Gasteiger partial charge is 0.122 e. The fourth-order valence-electron chi connectivity index (χ4n) is 1.95. The average molecular weight is 206 g/mol. The molecule has 0 radical (unpaired) electrons. The number of aliphatic hydroxyl groups is 1. The van der Waals surface area contributed by atoms with Crippen molar-refractivity contribution in [2.75, 3.05) is 6.61 Å². The number of aliphatic hydroxyl groups excluding tert-OH is 1. The molecule has 0 saturated carbocycles. The molecule has 1 aliphatic heterocycles. The van der Waals surface area contributed by atoms with Gasteiger partial charge in [0.05, 0.1) is 12.7 Å². The number of ether oxygens (including phenoxy) is 1. The van der Waals surface area contributed by atoms with Crippen LogP contribution in [0.4, 0.5) is 0 Å². The van der Waals surface area contributed by atoms with Gasteiger partial charge in [0, 0.05) is 0 Å².